The molecule has 2 aliphatic heterocycles. The molecule has 0 aliphatic carbocycles. The fourth-order valence-corrected chi connectivity index (χ4v) is 6.44. The number of likely N-dealkylation sites (N-methyl/N-ethyl adjacent to an activating group) is 1. The summed E-state index contributed by atoms with van der Waals surface area (Å²) < 4.78 is 55.1. The van der Waals surface area contributed by atoms with E-state index in [1.807, 2.05) is 11.9 Å². The number of hydrogen-bond donors (Lipinski definition) is 0. The lowest BCUT2D eigenvalue weighted by Gasteiger charge is -2.38. The Bertz CT molecular complexity index is 935. The molecule has 28 heavy (non-hydrogen) atoms. The molecule has 0 radical (unpaired) electrons. The average molecular weight is 434 g/mol. The summed E-state index contributed by atoms with van der Waals surface area (Å²) in [7, 11) is -5.82. The van der Waals surface area contributed by atoms with Gasteiger partial charge in [-0.3, -0.25) is 10.1 Å². The summed E-state index contributed by atoms with van der Waals surface area (Å²) >= 11 is 0. The molecule has 2 heterocycles. The summed E-state index contributed by atoms with van der Waals surface area (Å²) in [5.74, 6) is 0. The van der Waals surface area contributed by atoms with Gasteiger partial charge in [-0.15, -0.1) is 0 Å². The fraction of sp³-hybridized carbons (Fsp3) is 0.600. The molecule has 0 saturated carbocycles. The number of nitro groups is 1. The maximum Gasteiger partial charge on any atom is 0.289 e. The van der Waals surface area contributed by atoms with Crippen LogP contribution in [0.4, 0.5) is 5.69 Å². The zero-order chi connectivity index (χ0) is 20.5. The predicted octanol–water partition coefficient (Wildman–Crippen LogP) is -0.607. The van der Waals surface area contributed by atoms with Gasteiger partial charge in [0.25, 0.3) is 15.9 Å². The molecule has 156 valence electrons. The number of rotatable bonds is 5. The summed E-state index contributed by atoms with van der Waals surface area (Å²) in [5, 5.41) is 11.2. The van der Waals surface area contributed by atoms with E-state index in [-0.39, 0.29) is 31.1 Å². The van der Waals surface area contributed by atoms with Crippen molar-refractivity contribution in [1.29, 1.82) is 0 Å². The van der Waals surface area contributed by atoms with Crippen molar-refractivity contribution in [3.05, 3.63) is 34.4 Å². The van der Waals surface area contributed by atoms with E-state index in [0.29, 0.717) is 26.2 Å². The third-order valence-electron chi connectivity index (χ3n) is 4.99. The number of hydrogen-bond acceptors (Lipinski definition) is 7. The van der Waals surface area contributed by atoms with Gasteiger partial charge < -0.3 is 4.90 Å². The summed E-state index contributed by atoms with van der Waals surface area (Å²) in [5.41, 5.74) is -0.491. The number of sulfonamides is 1. The van der Waals surface area contributed by atoms with Gasteiger partial charge >= 0.3 is 0 Å². The van der Waals surface area contributed by atoms with E-state index < -0.39 is 30.8 Å². The normalized spacial score (nSPS) is 21.6. The topological polar surface area (TPSA) is 124 Å². The molecule has 0 amide bonds. The molecule has 1 aromatic rings. The molecule has 0 aromatic heterocycles. The molecule has 3 rings (SSSR count). The van der Waals surface area contributed by atoms with Crippen molar-refractivity contribution < 1.29 is 21.8 Å². The molecule has 0 unspecified atom stereocenters. The number of nitrogens with zero attached hydrogens (tertiary/aromatic N) is 5. The van der Waals surface area contributed by atoms with Gasteiger partial charge in [0, 0.05) is 58.4 Å². The zero-order valence-corrected chi connectivity index (χ0v) is 17.1. The largest absolute Gasteiger partial charge is 0.304 e. The molecule has 0 N–H and O–H groups in total. The molecule has 2 fully saturated rings. The van der Waals surface area contributed by atoms with Crippen LogP contribution in [0.5, 0.6) is 0 Å². The Kier molecular flexibility index (Phi) is 6.03. The second-order valence-corrected chi connectivity index (χ2v) is 10.6. The quantitative estimate of drug-likeness (QED) is 0.448. The Morgan fingerprint density at radius 2 is 1.29 bits per heavy atom. The van der Waals surface area contributed by atoms with Crippen LogP contribution >= 0.6 is 0 Å². The lowest BCUT2D eigenvalue weighted by molar-refractivity contribution is -0.387. The molecule has 0 atom stereocenters. The van der Waals surface area contributed by atoms with Crippen molar-refractivity contribution in [3.8, 4) is 0 Å². The maximum atomic E-state index is 12.8. The first kappa shape index (κ1) is 21.1. The van der Waals surface area contributed by atoms with Crippen LogP contribution in [0.25, 0.3) is 0 Å². The SMILES string of the molecule is CN1CCN(S(=O)(=O)N2CCN(S(=O)(=O)c3ccccc3[N+](=O)[O-])CC2)CC1. The summed E-state index contributed by atoms with van der Waals surface area (Å²) in [6, 6.07) is 5.16. The molecule has 11 nitrogen and oxygen atoms in total. The smallest absolute Gasteiger partial charge is 0.289 e. The molecule has 13 heteroatoms. The number of benzene rings is 1. The molecular formula is C15H23N5O6S2. The van der Waals surface area contributed by atoms with Crippen LogP contribution in [-0.2, 0) is 20.2 Å². The van der Waals surface area contributed by atoms with Gasteiger partial charge in [-0.25, -0.2) is 8.42 Å². The molecule has 0 spiro atoms. The monoisotopic (exact) mass is 433 g/mol. The highest BCUT2D eigenvalue weighted by atomic mass is 32.2. The number of nitro benzene ring substituents is 1. The number of para-hydroxylation sites is 1. The van der Waals surface area contributed by atoms with Crippen molar-refractivity contribution in [1.82, 2.24) is 17.8 Å². The van der Waals surface area contributed by atoms with E-state index in [1.165, 1.54) is 26.8 Å². The lowest BCUT2D eigenvalue weighted by atomic mass is 10.3. The molecule has 0 bridgehead atoms. The number of piperazine rings is 2. The van der Waals surface area contributed by atoms with E-state index in [0.717, 1.165) is 10.4 Å². The van der Waals surface area contributed by atoms with E-state index in [9.17, 15) is 26.9 Å². The highest BCUT2D eigenvalue weighted by molar-refractivity contribution is 7.89. The first-order valence-corrected chi connectivity index (χ1v) is 11.6. The van der Waals surface area contributed by atoms with Crippen LogP contribution < -0.4 is 0 Å². The highest BCUT2D eigenvalue weighted by Gasteiger charge is 2.38. The predicted molar refractivity (Wildman–Crippen MR) is 101 cm³/mol. The van der Waals surface area contributed by atoms with Gasteiger partial charge in [0.15, 0.2) is 4.90 Å². The van der Waals surface area contributed by atoms with Gasteiger partial charge in [-0.05, 0) is 13.1 Å². The second-order valence-electron chi connectivity index (χ2n) is 6.74. The van der Waals surface area contributed by atoms with Crippen molar-refractivity contribution >= 4 is 25.9 Å². The molecule has 2 aliphatic rings. The van der Waals surface area contributed by atoms with Crippen LogP contribution in [0.2, 0.25) is 0 Å². The summed E-state index contributed by atoms with van der Waals surface area (Å²) in [6.07, 6.45) is 0. The molecule has 2 saturated heterocycles. The van der Waals surface area contributed by atoms with Gasteiger partial charge in [-0.2, -0.15) is 21.3 Å². The Hall–Kier alpha value is -1.64. The molecular weight excluding hydrogens is 410 g/mol. The van der Waals surface area contributed by atoms with Gasteiger partial charge in [0.05, 0.1) is 4.92 Å². The third kappa shape index (κ3) is 4.04. The van der Waals surface area contributed by atoms with E-state index >= 15 is 0 Å². The van der Waals surface area contributed by atoms with Crippen LogP contribution in [-0.4, -0.2) is 99.0 Å². The van der Waals surface area contributed by atoms with Crippen molar-refractivity contribution in [2.75, 3.05) is 59.4 Å². The van der Waals surface area contributed by atoms with Gasteiger partial charge in [-0.1, -0.05) is 12.1 Å². The van der Waals surface area contributed by atoms with Crippen molar-refractivity contribution in [2.24, 2.45) is 0 Å². The zero-order valence-electron chi connectivity index (χ0n) is 15.5. The third-order valence-corrected chi connectivity index (χ3v) is 8.97. The summed E-state index contributed by atoms with van der Waals surface area (Å²) in [6.45, 7) is 1.99. The van der Waals surface area contributed by atoms with E-state index in [1.54, 1.807) is 0 Å². The standard InChI is InChI=1S/C15H23N5O6S2/c1-16-6-8-18(9-7-16)28(25,26)19-12-10-17(11-13-19)27(23,24)15-5-3-2-4-14(15)20(21)22/h2-5H,6-13H2,1H3. The summed E-state index contributed by atoms with van der Waals surface area (Å²) in [4.78, 5) is 12.1. The lowest BCUT2D eigenvalue weighted by Crippen LogP contribution is -2.57. The first-order chi connectivity index (χ1) is 13.1. The Labute approximate surface area is 164 Å². The Morgan fingerprint density at radius 1 is 0.821 bits per heavy atom. The highest BCUT2D eigenvalue weighted by Crippen LogP contribution is 2.27. The molecule has 1 aromatic carbocycles. The fourth-order valence-electron chi connectivity index (χ4n) is 3.29. The minimum atomic E-state index is -4.09. The Morgan fingerprint density at radius 3 is 1.82 bits per heavy atom. The second kappa shape index (κ2) is 8.00. The van der Waals surface area contributed by atoms with E-state index in [4.69, 9.17) is 0 Å². The minimum absolute atomic E-state index is 0.00847. The maximum absolute atomic E-state index is 12.8. The van der Waals surface area contributed by atoms with Crippen LogP contribution in [0.1, 0.15) is 0 Å². The first-order valence-electron chi connectivity index (χ1n) is 8.81. The average Bonchev–Trinajstić information content (AvgIpc) is 2.68. The van der Waals surface area contributed by atoms with Crippen molar-refractivity contribution in [3.63, 3.8) is 0 Å². The van der Waals surface area contributed by atoms with Gasteiger partial charge in [0.1, 0.15) is 0 Å². The van der Waals surface area contributed by atoms with Crippen LogP contribution in [0.15, 0.2) is 29.2 Å². The van der Waals surface area contributed by atoms with Gasteiger partial charge in [0.2, 0.25) is 10.0 Å². The van der Waals surface area contributed by atoms with E-state index in [2.05, 4.69) is 0 Å². The Balaban J connectivity index is 1.72. The van der Waals surface area contributed by atoms with Crippen LogP contribution in [0.3, 0.4) is 0 Å². The minimum Gasteiger partial charge on any atom is -0.304 e. The van der Waals surface area contributed by atoms with Crippen LogP contribution in [0, 0.1) is 10.1 Å². The van der Waals surface area contributed by atoms with Crippen molar-refractivity contribution in [2.45, 2.75) is 4.90 Å².